The molecule has 0 atom stereocenters. The van der Waals surface area contributed by atoms with Gasteiger partial charge in [-0.05, 0) is 98.9 Å². The van der Waals surface area contributed by atoms with E-state index in [1.54, 1.807) is 12.1 Å². The maximum atomic E-state index is 12.8. The highest BCUT2D eigenvalue weighted by Crippen LogP contribution is 2.24. The van der Waals surface area contributed by atoms with Gasteiger partial charge in [0.15, 0.2) is 0 Å². The van der Waals surface area contributed by atoms with E-state index in [4.69, 9.17) is 11.6 Å². The molecule has 1 aliphatic rings. The van der Waals surface area contributed by atoms with Crippen molar-refractivity contribution in [1.82, 2.24) is 4.90 Å². The van der Waals surface area contributed by atoms with Crippen molar-refractivity contribution in [2.24, 2.45) is 5.92 Å². The number of nitrogens with zero attached hydrogens (tertiary/aromatic N) is 1. The first-order valence-electron chi connectivity index (χ1n) is 11.7. The molecule has 0 bridgehead atoms. The molecule has 4 rings (SSSR count). The number of likely N-dealkylation sites (tertiary alicyclic amines) is 1. The molecule has 0 aromatic heterocycles. The van der Waals surface area contributed by atoms with E-state index >= 15 is 0 Å². The van der Waals surface area contributed by atoms with Crippen LogP contribution in [-0.2, 0) is 21.4 Å². The van der Waals surface area contributed by atoms with E-state index in [1.807, 2.05) is 50.2 Å². The highest BCUT2D eigenvalue weighted by Gasteiger charge is 2.25. The first kappa shape index (κ1) is 25.2. The molecule has 0 aliphatic carbocycles. The first-order chi connectivity index (χ1) is 16.7. The fourth-order valence-electron chi connectivity index (χ4n) is 4.26. The van der Waals surface area contributed by atoms with Crippen LogP contribution in [0.4, 0.5) is 11.4 Å². The van der Waals surface area contributed by atoms with Crippen LogP contribution in [0.3, 0.4) is 0 Å². The Labute approximate surface area is 212 Å². The van der Waals surface area contributed by atoms with Gasteiger partial charge in [0, 0.05) is 23.2 Å². The molecule has 2 N–H and O–H groups in total. The maximum absolute atomic E-state index is 12.8. The van der Waals surface area contributed by atoms with Crippen molar-refractivity contribution in [3.63, 3.8) is 0 Å². The highest BCUT2D eigenvalue weighted by atomic mass is 35.5. The Hall–Kier alpha value is -2.87. The Morgan fingerprint density at radius 1 is 1.00 bits per heavy atom. The van der Waals surface area contributed by atoms with Gasteiger partial charge in [-0.1, -0.05) is 35.9 Å². The number of benzene rings is 3. The van der Waals surface area contributed by atoms with Crippen LogP contribution in [0.15, 0.2) is 71.6 Å². The number of halogens is 1. The predicted octanol–water partition coefficient (Wildman–Crippen LogP) is 5.61. The normalized spacial score (nSPS) is 15.1. The third kappa shape index (κ3) is 6.63. The fourth-order valence-corrected chi connectivity index (χ4v) is 5.59. The van der Waals surface area contributed by atoms with Crippen molar-refractivity contribution >= 4 is 38.9 Å². The van der Waals surface area contributed by atoms with Gasteiger partial charge in [0.1, 0.15) is 0 Å². The second-order valence-electron chi connectivity index (χ2n) is 9.12. The zero-order valence-electron chi connectivity index (χ0n) is 19.9. The predicted molar refractivity (Wildman–Crippen MR) is 141 cm³/mol. The Balaban J connectivity index is 1.31. The molecule has 184 valence electrons. The van der Waals surface area contributed by atoms with Crippen LogP contribution >= 0.6 is 11.6 Å². The van der Waals surface area contributed by atoms with Gasteiger partial charge < -0.3 is 5.32 Å². The number of carbonyl (C=O) groups is 1. The standard InChI is InChI=1S/C27H30ClN3O3S/c1-19-6-7-20(2)26(16-19)30-35(33,34)25-10-8-24(9-11-25)29-27(32)22-12-14-31(15-13-22)18-21-4-3-5-23(28)17-21/h3-11,16-17,22,30H,12-15,18H2,1-2H3,(H,29,32). The molecule has 0 radical (unpaired) electrons. The molecule has 1 amide bonds. The quantitative estimate of drug-likeness (QED) is 0.432. The molecular formula is C27H30ClN3O3S. The van der Waals surface area contributed by atoms with Gasteiger partial charge in [-0.15, -0.1) is 0 Å². The minimum atomic E-state index is -3.73. The Kier molecular flexibility index (Phi) is 7.79. The summed E-state index contributed by atoms with van der Waals surface area (Å²) in [5.74, 6) is -0.100. The smallest absolute Gasteiger partial charge is 0.261 e. The zero-order chi connectivity index (χ0) is 25.0. The summed E-state index contributed by atoms with van der Waals surface area (Å²) in [5, 5.41) is 3.67. The van der Waals surface area contributed by atoms with Crippen molar-refractivity contribution in [3.8, 4) is 0 Å². The molecule has 1 aliphatic heterocycles. The van der Waals surface area contributed by atoms with E-state index in [1.165, 1.54) is 17.7 Å². The van der Waals surface area contributed by atoms with Gasteiger partial charge in [0.2, 0.25) is 5.91 Å². The Morgan fingerprint density at radius 3 is 2.40 bits per heavy atom. The van der Waals surface area contributed by atoms with Gasteiger partial charge in [-0.3, -0.25) is 14.4 Å². The molecular weight excluding hydrogens is 482 g/mol. The van der Waals surface area contributed by atoms with Crippen molar-refractivity contribution in [1.29, 1.82) is 0 Å². The molecule has 0 unspecified atom stereocenters. The van der Waals surface area contributed by atoms with Crippen LogP contribution < -0.4 is 10.0 Å². The SMILES string of the molecule is Cc1ccc(C)c(NS(=O)(=O)c2ccc(NC(=O)C3CCN(Cc4cccc(Cl)c4)CC3)cc2)c1. The van der Waals surface area contributed by atoms with Gasteiger partial charge in [-0.2, -0.15) is 0 Å². The summed E-state index contributed by atoms with van der Waals surface area (Å²) in [5.41, 5.74) is 4.14. The third-order valence-electron chi connectivity index (χ3n) is 6.32. The summed E-state index contributed by atoms with van der Waals surface area (Å²) < 4.78 is 28.3. The number of carbonyl (C=O) groups excluding carboxylic acids is 1. The van der Waals surface area contributed by atoms with Crippen LogP contribution in [-0.4, -0.2) is 32.3 Å². The first-order valence-corrected chi connectivity index (χ1v) is 13.5. The summed E-state index contributed by atoms with van der Waals surface area (Å²) in [7, 11) is -3.73. The number of aryl methyl sites for hydroxylation is 2. The van der Waals surface area contributed by atoms with E-state index < -0.39 is 10.0 Å². The highest BCUT2D eigenvalue weighted by molar-refractivity contribution is 7.92. The summed E-state index contributed by atoms with van der Waals surface area (Å²) in [6, 6.07) is 19.8. The average Bonchev–Trinajstić information content (AvgIpc) is 2.82. The van der Waals surface area contributed by atoms with Crippen LogP contribution in [0.1, 0.15) is 29.5 Å². The molecule has 35 heavy (non-hydrogen) atoms. The molecule has 1 fully saturated rings. The average molecular weight is 512 g/mol. The molecule has 8 heteroatoms. The van der Waals surface area contributed by atoms with Crippen molar-refractivity contribution < 1.29 is 13.2 Å². The van der Waals surface area contributed by atoms with E-state index in [9.17, 15) is 13.2 Å². The lowest BCUT2D eigenvalue weighted by molar-refractivity contribution is -0.121. The maximum Gasteiger partial charge on any atom is 0.261 e. The van der Waals surface area contributed by atoms with Gasteiger partial charge in [-0.25, -0.2) is 8.42 Å². The van der Waals surface area contributed by atoms with E-state index in [0.29, 0.717) is 11.4 Å². The molecule has 1 heterocycles. The number of amides is 1. The number of hydrogen-bond acceptors (Lipinski definition) is 4. The lowest BCUT2D eigenvalue weighted by atomic mass is 9.95. The topological polar surface area (TPSA) is 78.5 Å². The third-order valence-corrected chi connectivity index (χ3v) is 7.94. The number of sulfonamides is 1. The second-order valence-corrected chi connectivity index (χ2v) is 11.2. The van der Waals surface area contributed by atoms with Crippen LogP contribution in [0.2, 0.25) is 5.02 Å². The monoisotopic (exact) mass is 511 g/mol. The van der Waals surface area contributed by atoms with Gasteiger partial charge in [0.05, 0.1) is 10.6 Å². The molecule has 0 saturated carbocycles. The zero-order valence-corrected chi connectivity index (χ0v) is 21.5. The summed E-state index contributed by atoms with van der Waals surface area (Å²) in [6.07, 6.45) is 1.55. The second kappa shape index (κ2) is 10.8. The Bertz CT molecular complexity index is 1300. The van der Waals surface area contributed by atoms with Crippen LogP contribution in [0, 0.1) is 19.8 Å². The Morgan fingerprint density at radius 2 is 1.71 bits per heavy atom. The van der Waals surface area contributed by atoms with Crippen molar-refractivity contribution in [2.45, 2.75) is 38.1 Å². The lowest BCUT2D eigenvalue weighted by Crippen LogP contribution is -2.37. The fraction of sp³-hybridized carbons (Fsp3) is 0.296. The molecule has 6 nitrogen and oxygen atoms in total. The van der Waals surface area contributed by atoms with E-state index in [-0.39, 0.29) is 16.7 Å². The van der Waals surface area contributed by atoms with Crippen molar-refractivity contribution in [3.05, 3.63) is 88.4 Å². The molecule has 3 aromatic rings. The molecule has 0 spiro atoms. The molecule has 1 saturated heterocycles. The molecule has 3 aromatic carbocycles. The van der Waals surface area contributed by atoms with Gasteiger partial charge >= 0.3 is 0 Å². The van der Waals surface area contributed by atoms with E-state index in [0.717, 1.165) is 48.6 Å². The summed E-state index contributed by atoms with van der Waals surface area (Å²) in [6.45, 7) is 6.27. The largest absolute Gasteiger partial charge is 0.326 e. The number of rotatable bonds is 7. The summed E-state index contributed by atoms with van der Waals surface area (Å²) >= 11 is 6.08. The van der Waals surface area contributed by atoms with Gasteiger partial charge in [0.25, 0.3) is 10.0 Å². The number of hydrogen-bond donors (Lipinski definition) is 2. The van der Waals surface area contributed by atoms with Crippen LogP contribution in [0.25, 0.3) is 0 Å². The minimum absolute atomic E-state index is 0.0310. The number of nitrogens with one attached hydrogen (secondary N) is 2. The number of anilines is 2. The van der Waals surface area contributed by atoms with E-state index in [2.05, 4.69) is 21.0 Å². The lowest BCUT2D eigenvalue weighted by Gasteiger charge is -2.31. The summed E-state index contributed by atoms with van der Waals surface area (Å²) in [4.78, 5) is 15.3. The number of piperidine rings is 1. The van der Waals surface area contributed by atoms with Crippen molar-refractivity contribution in [2.75, 3.05) is 23.1 Å². The minimum Gasteiger partial charge on any atom is -0.326 e. The van der Waals surface area contributed by atoms with Crippen LogP contribution in [0.5, 0.6) is 0 Å².